The smallest absolute Gasteiger partial charge is 0.348 e. The highest BCUT2D eigenvalue weighted by Gasteiger charge is 2.23. The topological polar surface area (TPSA) is 46.5 Å². The first kappa shape index (κ1) is 14.2. The van der Waals surface area contributed by atoms with Crippen molar-refractivity contribution in [1.29, 1.82) is 0 Å². The molecule has 0 aliphatic carbocycles. The number of methoxy groups -OCH3 is 1. The molecule has 2 aromatic rings. The van der Waals surface area contributed by atoms with Gasteiger partial charge in [0.25, 0.3) is 0 Å². The van der Waals surface area contributed by atoms with E-state index in [1.165, 1.54) is 29.8 Å². The number of hydrogen-bond donors (Lipinski definition) is 1. The predicted molar refractivity (Wildman–Crippen MR) is 80.3 cm³/mol. The van der Waals surface area contributed by atoms with Gasteiger partial charge in [0.05, 0.1) is 13.7 Å². The van der Waals surface area contributed by atoms with E-state index < -0.39 is 0 Å². The number of esters is 1. The fourth-order valence-corrected chi connectivity index (χ4v) is 4.84. The van der Waals surface area contributed by atoms with E-state index in [0.29, 0.717) is 4.88 Å². The molecule has 0 aromatic carbocycles. The molecule has 2 rings (SSSR count). The minimum absolute atomic E-state index is 0.0610. The third kappa shape index (κ3) is 2.42. The molecule has 96 valence electrons. The van der Waals surface area contributed by atoms with Crippen molar-refractivity contribution >= 4 is 60.5 Å². The number of ether oxygens (including phenoxy) is 1. The van der Waals surface area contributed by atoms with E-state index in [-0.39, 0.29) is 12.6 Å². The van der Waals surface area contributed by atoms with E-state index in [9.17, 15) is 9.90 Å². The quantitative estimate of drug-likeness (QED) is 0.766. The van der Waals surface area contributed by atoms with E-state index in [1.54, 1.807) is 0 Å². The molecule has 0 spiro atoms. The number of aliphatic hydroxyl groups is 1. The zero-order valence-corrected chi connectivity index (χ0v) is 14.0. The van der Waals surface area contributed by atoms with Gasteiger partial charge in [-0.3, -0.25) is 0 Å². The van der Waals surface area contributed by atoms with Crippen molar-refractivity contribution in [3.05, 3.63) is 29.5 Å². The van der Waals surface area contributed by atoms with Crippen molar-refractivity contribution in [3.8, 4) is 11.1 Å². The molecule has 18 heavy (non-hydrogen) atoms. The predicted octanol–water partition coefficient (Wildman–Crippen LogP) is 4.28. The SMILES string of the molecule is COC(=O)c1scc(Br)c1-c1c(Br)csc1CO. The molecule has 7 heteroatoms. The molecule has 0 saturated heterocycles. The summed E-state index contributed by atoms with van der Waals surface area (Å²) in [6, 6.07) is 0. The highest BCUT2D eigenvalue weighted by atomic mass is 79.9. The van der Waals surface area contributed by atoms with Crippen molar-refractivity contribution in [1.82, 2.24) is 0 Å². The van der Waals surface area contributed by atoms with Crippen LogP contribution in [0.3, 0.4) is 0 Å². The van der Waals surface area contributed by atoms with Crippen LogP contribution in [-0.4, -0.2) is 18.2 Å². The Labute approximate surface area is 129 Å². The van der Waals surface area contributed by atoms with Crippen LogP contribution in [0.1, 0.15) is 14.5 Å². The Kier molecular flexibility index (Phi) is 4.60. The van der Waals surface area contributed by atoms with Crippen LogP contribution in [0.5, 0.6) is 0 Å². The molecular weight excluding hydrogens is 404 g/mol. The Morgan fingerprint density at radius 1 is 1.28 bits per heavy atom. The Morgan fingerprint density at radius 3 is 2.50 bits per heavy atom. The van der Waals surface area contributed by atoms with Crippen LogP contribution in [0.2, 0.25) is 0 Å². The minimum atomic E-state index is -0.373. The molecule has 0 unspecified atom stereocenters. The van der Waals surface area contributed by atoms with Gasteiger partial charge in [0.15, 0.2) is 0 Å². The third-order valence-electron chi connectivity index (χ3n) is 2.33. The zero-order chi connectivity index (χ0) is 13.3. The summed E-state index contributed by atoms with van der Waals surface area (Å²) in [4.78, 5) is 13.1. The molecule has 0 aliphatic heterocycles. The summed E-state index contributed by atoms with van der Waals surface area (Å²) < 4.78 is 6.46. The Hall–Kier alpha value is -0.210. The number of halogens is 2. The van der Waals surface area contributed by atoms with Gasteiger partial charge in [-0.05, 0) is 31.9 Å². The van der Waals surface area contributed by atoms with E-state index in [0.717, 1.165) is 24.9 Å². The minimum Gasteiger partial charge on any atom is -0.465 e. The monoisotopic (exact) mass is 410 g/mol. The maximum Gasteiger partial charge on any atom is 0.348 e. The number of carbonyl (C=O) groups excluding carboxylic acids is 1. The van der Waals surface area contributed by atoms with Gasteiger partial charge < -0.3 is 9.84 Å². The van der Waals surface area contributed by atoms with E-state index in [2.05, 4.69) is 31.9 Å². The fourth-order valence-electron chi connectivity index (χ4n) is 1.56. The summed E-state index contributed by atoms with van der Waals surface area (Å²) in [7, 11) is 1.36. The van der Waals surface area contributed by atoms with Gasteiger partial charge in [0.2, 0.25) is 0 Å². The summed E-state index contributed by atoms with van der Waals surface area (Å²) in [5.41, 5.74) is 1.61. The van der Waals surface area contributed by atoms with Gasteiger partial charge in [0.1, 0.15) is 4.88 Å². The average molecular weight is 412 g/mol. The van der Waals surface area contributed by atoms with E-state index >= 15 is 0 Å². The second kappa shape index (κ2) is 5.83. The van der Waals surface area contributed by atoms with Crippen LogP contribution in [0.25, 0.3) is 11.1 Å². The molecule has 0 atom stereocenters. The number of carbonyl (C=O) groups is 1. The van der Waals surface area contributed by atoms with Gasteiger partial charge in [0, 0.05) is 35.7 Å². The average Bonchev–Trinajstić information content (AvgIpc) is 2.91. The van der Waals surface area contributed by atoms with Gasteiger partial charge in [-0.2, -0.15) is 0 Å². The van der Waals surface area contributed by atoms with Crippen molar-refractivity contribution < 1.29 is 14.6 Å². The van der Waals surface area contributed by atoms with Gasteiger partial charge >= 0.3 is 5.97 Å². The maximum atomic E-state index is 11.7. The lowest BCUT2D eigenvalue weighted by molar-refractivity contribution is 0.0607. The summed E-state index contributed by atoms with van der Waals surface area (Å²) >= 11 is 9.65. The van der Waals surface area contributed by atoms with Crippen LogP contribution in [0.15, 0.2) is 19.7 Å². The van der Waals surface area contributed by atoms with Crippen molar-refractivity contribution in [2.45, 2.75) is 6.61 Å². The Morgan fingerprint density at radius 2 is 1.89 bits per heavy atom. The first-order chi connectivity index (χ1) is 8.60. The lowest BCUT2D eigenvalue weighted by Gasteiger charge is -2.05. The summed E-state index contributed by atoms with van der Waals surface area (Å²) in [5.74, 6) is -0.373. The molecule has 0 saturated carbocycles. The number of rotatable bonds is 3. The standard InChI is InChI=1S/C11H8Br2O3S2/c1-16-11(15)10-9(6(13)4-18-10)8-5(12)3-17-7(8)2-14/h3-4,14H,2H2,1H3. The van der Waals surface area contributed by atoms with Crippen molar-refractivity contribution in [3.63, 3.8) is 0 Å². The van der Waals surface area contributed by atoms with Gasteiger partial charge in [-0.25, -0.2) is 4.79 Å². The number of aliphatic hydroxyl groups excluding tert-OH is 1. The lowest BCUT2D eigenvalue weighted by Crippen LogP contribution is -2.00. The summed E-state index contributed by atoms with van der Waals surface area (Å²) in [6.45, 7) is -0.0610. The second-order valence-electron chi connectivity index (χ2n) is 3.32. The fraction of sp³-hybridized carbons (Fsp3) is 0.182. The van der Waals surface area contributed by atoms with E-state index in [4.69, 9.17) is 4.74 Å². The summed E-state index contributed by atoms with van der Waals surface area (Å²) in [5, 5.41) is 13.1. The molecule has 0 aliphatic rings. The Bertz CT molecular complexity index is 589. The van der Waals surface area contributed by atoms with Crippen LogP contribution in [-0.2, 0) is 11.3 Å². The highest BCUT2D eigenvalue weighted by molar-refractivity contribution is 9.11. The maximum absolute atomic E-state index is 11.7. The molecule has 0 bridgehead atoms. The van der Waals surface area contributed by atoms with E-state index in [1.807, 2.05) is 10.8 Å². The molecule has 3 nitrogen and oxygen atoms in total. The zero-order valence-electron chi connectivity index (χ0n) is 9.20. The first-order valence-corrected chi connectivity index (χ1v) is 8.17. The first-order valence-electron chi connectivity index (χ1n) is 4.82. The molecule has 1 N–H and O–H groups in total. The summed E-state index contributed by atoms with van der Waals surface area (Å²) in [6.07, 6.45) is 0. The van der Waals surface area contributed by atoms with Crippen LogP contribution in [0.4, 0.5) is 0 Å². The molecule has 0 radical (unpaired) electrons. The lowest BCUT2D eigenvalue weighted by atomic mass is 10.1. The molecule has 2 aromatic heterocycles. The Balaban J connectivity index is 2.66. The molecule has 0 amide bonds. The molecular formula is C11H8Br2O3S2. The molecule has 0 fully saturated rings. The van der Waals surface area contributed by atoms with Crippen molar-refractivity contribution in [2.24, 2.45) is 0 Å². The van der Waals surface area contributed by atoms with Crippen molar-refractivity contribution in [2.75, 3.05) is 7.11 Å². The largest absolute Gasteiger partial charge is 0.465 e. The highest BCUT2D eigenvalue weighted by Crippen LogP contribution is 2.44. The van der Waals surface area contributed by atoms with Crippen LogP contribution in [0, 0.1) is 0 Å². The van der Waals surface area contributed by atoms with Gasteiger partial charge in [-0.15, -0.1) is 22.7 Å². The second-order valence-corrected chi connectivity index (χ2v) is 6.87. The normalized spacial score (nSPS) is 10.7. The van der Waals surface area contributed by atoms with Gasteiger partial charge in [-0.1, -0.05) is 0 Å². The van der Waals surface area contributed by atoms with Crippen LogP contribution < -0.4 is 0 Å². The van der Waals surface area contributed by atoms with Crippen LogP contribution >= 0.6 is 54.5 Å². The number of hydrogen-bond acceptors (Lipinski definition) is 5. The molecule has 2 heterocycles. The third-order valence-corrected chi connectivity index (χ3v) is 6.12. The number of thiophene rings is 2.